The molecular weight excluding hydrogens is 497 g/mol. The molecule has 0 spiro atoms. The summed E-state index contributed by atoms with van der Waals surface area (Å²) in [6.45, 7) is 5.74. The van der Waals surface area contributed by atoms with Gasteiger partial charge in [-0.3, -0.25) is 10.2 Å². The smallest absolute Gasteiger partial charge is 0.350 e. The monoisotopic (exact) mass is 530 g/mol. The van der Waals surface area contributed by atoms with E-state index in [1.807, 2.05) is 12.1 Å². The number of nitrogens with one attached hydrogen (secondary N) is 4. The van der Waals surface area contributed by atoms with Gasteiger partial charge >= 0.3 is 6.18 Å². The minimum absolute atomic E-state index is 0.198. The van der Waals surface area contributed by atoms with E-state index in [2.05, 4.69) is 25.6 Å². The molecule has 1 aromatic carbocycles. The fourth-order valence-corrected chi connectivity index (χ4v) is 4.98. The highest BCUT2D eigenvalue weighted by Crippen LogP contribution is 2.31. The molecule has 1 atom stereocenters. The lowest BCUT2D eigenvalue weighted by Crippen LogP contribution is -2.32. The van der Waals surface area contributed by atoms with E-state index in [1.54, 1.807) is 19.9 Å². The van der Waals surface area contributed by atoms with E-state index in [-0.39, 0.29) is 17.6 Å². The summed E-state index contributed by atoms with van der Waals surface area (Å²) in [7, 11) is 0. The zero-order valence-electron chi connectivity index (χ0n) is 21.5. The SMILES string of the molecule is CC(C)NC(=O)/C(C=N)=C/C(=N)n1nc(C(F)(F)F)nc1Nc1ccc2c(c1)CCC(N1CCCC1)CC2. The summed E-state index contributed by atoms with van der Waals surface area (Å²) in [5.74, 6) is -2.89. The summed E-state index contributed by atoms with van der Waals surface area (Å²) < 4.78 is 41.1. The molecule has 1 aliphatic carbocycles. The second kappa shape index (κ2) is 11.5. The minimum atomic E-state index is -4.83. The molecule has 2 aliphatic rings. The third-order valence-corrected chi connectivity index (χ3v) is 6.83. The number of alkyl halides is 3. The Hall–Kier alpha value is -3.54. The molecule has 1 aromatic heterocycles. The van der Waals surface area contributed by atoms with Crippen LogP contribution in [0.2, 0.25) is 0 Å². The summed E-state index contributed by atoms with van der Waals surface area (Å²) >= 11 is 0. The van der Waals surface area contributed by atoms with Gasteiger partial charge in [0.15, 0.2) is 5.84 Å². The third-order valence-electron chi connectivity index (χ3n) is 6.83. The van der Waals surface area contributed by atoms with Gasteiger partial charge in [-0.2, -0.15) is 22.8 Å². The van der Waals surface area contributed by atoms with E-state index in [4.69, 9.17) is 10.8 Å². The molecule has 0 bridgehead atoms. The second-order valence-electron chi connectivity index (χ2n) is 10.0. The lowest BCUT2D eigenvalue weighted by molar-refractivity contribution is -0.144. The fraction of sp³-hybridized carbons (Fsp3) is 0.500. The molecule has 4 rings (SSSR count). The molecule has 1 aliphatic heterocycles. The predicted octanol–water partition coefficient (Wildman–Crippen LogP) is 4.31. The number of allylic oxidation sites excluding steroid dienone is 1. The fourth-order valence-electron chi connectivity index (χ4n) is 4.98. The molecule has 9 nitrogen and oxygen atoms in total. The molecule has 1 fully saturated rings. The maximum atomic E-state index is 13.5. The summed E-state index contributed by atoms with van der Waals surface area (Å²) in [6, 6.07) is 6.03. The van der Waals surface area contributed by atoms with Crippen LogP contribution in [0, 0.1) is 10.8 Å². The van der Waals surface area contributed by atoms with Crippen molar-refractivity contribution in [1.82, 2.24) is 25.0 Å². The van der Waals surface area contributed by atoms with Gasteiger partial charge in [-0.15, -0.1) is 5.10 Å². The highest BCUT2D eigenvalue weighted by Gasteiger charge is 2.37. The Morgan fingerprint density at radius 3 is 2.47 bits per heavy atom. The van der Waals surface area contributed by atoms with E-state index in [0.29, 0.717) is 16.4 Å². The summed E-state index contributed by atoms with van der Waals surface area (Å²) in [5, 5.41) is 24.8. The number of carbonyl (C=O) groups is 1. The average molecular weight is 531 g/mol. The van der Waals surface area contributed by atoms with Crippen molar-refractivity contribution in [3.63, 3.8) is 0 Å². The van der Waals surface area contributed by atoms with Crippen molar-refractivity contribution in [3.05, 3.63) is 46.8 Å². The highest BCUT2D eigenvalue weighted by molar-refractivity contribution is 6.16. The predicted molar refractivity (Wildman–Crippen MR) is 139 cm³/mol. The molecule has 204 valence electrons. The first-order valence-corrected chi connectivity index (χ1v) is 12.8. The van der Waals surface area contributed by atoms with E-state index in [1.165, 1.54) is 18.4 Å². The van der Waals surface area contributed by atoms with Crippen molar-refractivity contribution < 1.29 is 18.0 Å². The van der Waals surface area contributed by atoms with Crippen LogP contribution in [0.5, 0.6) is 0 Å². The Labute approximate surface area is 219 Å². The Bertz CT molecular complexity index is 1230. The summed E-state index contributed by atoms with van der Waals surface area (Å²) in [6.07, 6.45) is 3.33. The van der Waals surface area contributed by atoms with Crippen molar-refractivity contribution >= 4 is 29.6 Å². The summed E-state index contributed by atoms with van der Waals surface area (Å²) in [5.41, 5.74) is 2.71. The Morgan fingerprint density at radius 1 is 1.16 bits per heavy atom. The molecule has 0 saturated carbocycles. The zero-order chi connectivity index (χ0) is 27.4. The van der Waals surface area contributed by atoms with E-state index in [0.717, 1.165) is 56.6 Å². The molecule has 12 heteroatoms. The topological polar surface area (TPSA) is 123 Å². The molecule has 2 aromatic rings. The van der Waals surface area contributed by atoms with Crippen molar-refractivity contribution in [2.45, 2.75) is 70.6 Å². The molecule has 1 amide bonds. The first kappa shape index (κ1) is 27.5. The van der Waals surface area contributed by atoms with Crippen molar-refractivity contribution in [3.8, 4) is 0 Å². The molecule has 0 radical (unpaired) electrons. The van der Waals surface area contributed by atoms with Crippen LogP contribution in [0.4, 0.5) is 24.8 Å². The molecule has 38 heavy (non-hydrogen) atoms. The lowest BCUT2D eigenvalue weighted by atomic mass is 10.0. The number of rotatable bonds is 7. The van der Waals surface area contributed by atoms with E-state index in [9.17, 15) is 18.0 Å². The van der Waals surface area contributed by atoms with Crippen LogP contribution >= 0.6 is 0 Å². The van der Waals surface area contributed by atoms with Crippen molar-refractivity contribution in [1.29, 1.82) is 10.8 Å². The van der Waals surface area contributed by atoms with Gasteiger partial charge in [-0.1, -0.05) is 6.07 Å². The van der Waals surface area contributed by atoms with Crippen molar-refractivity contribution in [2.75, 3.05) is 18.4 Å². The van der Waals surface area contributed by atoms with E-state index >= 15 is 0 Å². The number of hydrogen-bond acceptors (Lipinski definition) is 7. The van der Waals surface area contributed by atoms with Gasteiger partial charge in [0.1, 0.15) is 0 Å². The van der Waals surface area contributed by atoms with Crippen LogP contribution in [0.1, 0.15) is 56.5 Å². The number of amides is 1. The van der Waals surface area contributed by atoms with Crippen LogP contribution in [0.15, 0.2) is 29.8 Å². The number of carbonyl (C=O) groups excluding carboxylic acids is 1. The van der Waals surface area contributed by atoms with Crippen molar-refractivity contribution in [2.24, 2.45) is 0 Å². The normalized spacial score (nSPS) is 18.7. The second-order valence-corrected chi connectivity index (χ2v) is 10.0. The number of aromatic nitrogens is 3. The number of aryl methyl sites for hydroxylation is 2. The highest BCUT2D eigenvalue weighted by atomic mass is 19.4. The van der Waals surface area contributed by atoms with Crippen LogP contribution in [-0.4, -0.2) is 62.8 Å². The Kier molecular flexibility index (Phi) is 8.29. The molecule has 1 unspecified atom stereocenters. The van der Waals surface area contributed by atoms with Crippen LogP contribution in [-0.2, 0) is 23.8 Å². The lowest BCUT2D eigenvalue weighted by Gasteiger charge is -2.25. The molecule has 1 saturated heterocycles. The number of halogens is 3. The number of fused-ring (bicyclic) bond motifs is 1. The number of anilines is 2. The zero-order valence-corrected chi connectivity index (χ0v) is 21.5. The van der Waals surface area contributed by atoms with Crippen LogP contribution in [0.3, 0.4) is 0 Å². The van der Waals surface area contributed by atoms with Gasteiger partial charge in [0.2, 0.25) is 5.95 Å². The quantitative estimate of drug-likeness (QED) is 0.184. The third kappa shape index (κ3) is 6.47. The van der Waals surface area contributed by atoms with Gasteiger partial charge in [0, 0.05) is 24.0 Å². The summed E-state index contributed by atoms with van der Waals surface area (Å²) in [4.78, 5) is 18.5. The van der Waals surface area contributed by atoms with Crippen LogP contribution < -0.4 is 10.6 Å². The largest absolute Gasteiger partial charge is 0.453 e. The first-order chi connectivity index (χ1) is 18.0. The van der Waals surface area contributed by atoms with Gasteiger partial charge in [-0.05, 0) is 94.8 Å². The molecule has 4 N–H and O–H groups in total. The maximum absolute atomic E-state index is 13.5. The molecule has 2 heterocycles. The van der Waals surface area contributed by atoms with E-state index < -0.39 is 23.7 Å². The standard InChI is InChI=1S/C26H33F3N8O/c1-16(2)32-23(38)19(15-30)14-22(31)37-25(34-24(35-37)26(27,28)29)33-20-8-5-17-6-9-21(10-7-18(17)13-20)36-11-3-4-12-36/h5,8,13-16,21,30-31H,3-4,6-7,9-12H2,1-2H3,(H,32,38)(H,33,34,35)/b19-14+,30-15?,31-22?. The van der Waals surface area contributed by atoms with Gasteiger partial charge in [-0.25, -0.2) is 0 Å². The average Bonchev–Trinajstić information content (AvgIpc) is 3.49. The van der Waals surface area contributed by atoms with Gasteiger partial charge in [0.25, 0.3) is 11.7 Å². The number of hydrogen-bond donors (Lipinski definition) is 4. The van der Waals surface area contributed by atoms with Crippen LogP contribution in [0.25, 0.3) is 0 Å². The van der Waals surface area contributed by atoms with Gasteiger partial charge in [0.05, 0.1) is 5.57 Å². The molecular formula is C26H33F3N8O. The Morgan fingerprint density at radius 2 is 1.84 bits per heavy atom. The number of likely N-dealkylation sites (tertiary alicyclic amines) is 1. The van der Waals surface area contributed by atoms with Gasteiger partial charge < -0.3 is 20.9 Å². The minimum Gasteiger partial charge on any atom is -0.350 e. The first-order valence-electron chi connectivity index (χ1n) is 12.8. The number of benzene rings is 1. The maximum Gasteiger partial charge on any atom is 0.453 e. The Balaban J connectivity index is 1.58. The number of nitrogens with zero attached hydrogens (tertiary/aromatic N) is 4.